The molecule has 0 unspecified atom stereocenters. The van der Waals surface area contributed by atoms with E-state index in [1.807, 2.05) is 0 Å². The number of sulfonamides is 1. The van der Waals surface area contributed by atoms with Gasteiger partial charge < -0.3 is 5.73 Å². The average molecular weight is 349 g/mol. The van der Waals surface area contributed by atoms with Crippen LogP contribution in [0.2, 0.25) is 10.0 Å². The summed E-state index contributed by atoms with van der Waals surface area (Å²) in [6.45, 7) is 1.66. The maximum Gasteiger partial charge on any atom is 0.263 e. The van der Waals surface area contributed by atoms with Crippen molar-refractivity contribution < 1.29 is 12.8 Å². The van der Waals surface area contributed by atoms with Crippen LogP contribution in [0.1, 0.15) is 5.56 Å². The molecule has 0 fully saturated rings. The lowest BCUT2D eigenvalue weighted by Gasteiger charge is -2.13. The number of nitrogen functional groups attached to an aromatic ring is 1. The Kier molecular flexibility index (Phi) is 4.32. The predicted octanol–water partition coefficient (Wildman–Crippen LogP) is 3.82. The van der Waals surface area contributed by atoms with Crippen LogP contribution in [0.25, 0.3) is 0 Å². The van der Waals surface area contributed by atoms with Crippen LogP contribution in [0.15, 0.2) is 35.2 Å². The maximum atomic E-state index is 13.6. The Morgan fingerprint density at radius 2 is 1.86 bits per heavy atom. The number of nitrogens with one attached hydrogen (secondary N) is 1. The number of anilines is 2. The molecule has 0 saturated carbocycles. The lowest BCUT2D eigenvalue weighted by molar-refractivity contribution is 0.595. The van der Waals surface area contributed by atoms with Crippen molar-refractivity contribution in [3.8, 4) is 0 Å². The van der Waals surface area contributed by atoms with E-state index < -0.39 is 25.8 Å². The van der Waals surface area contributed by atoms with E-state index in [4.69, 9.17) is 28.9 Å². The normalized spacial score (nSPS) is 11.4. The Balaban J connectivity index is 2.49. The topological polar surface area (TPSA) is 72.2 Å². The molecule has 2 aromatic rings. The lowest BCUT2D eigenvalue weighted by atomic mass is 10.2. The highest BCUT2D eigenvalue weighted by Gasteiger charge is 2.22. The minimum atomic E-state index is -4.06. The van der Waals surface area contributed by atoms with E-state index in [0.29, 0.717) is 16.9 Å². The van der Waals surface area contributed by atoms with Crippen molar-refractivity contribution in [2.24, 2.45) is 0 Å². The van der Waals surface area contributed by atoms with Crippen LogP contribution in [0, 0.1) is 12.7 Å². The van der Waals surface area contributed by atoms with Gasteiger partial charge in [0.25, 0.3) is 10.0 Å². The quantitative estimate of drug-likeness (QED) is 0.654. The molecule has 21 heavy (non-hydrogen) atoms. The molecule has 0 atom stereocenters. The van der Waals surface area contributed by atoms with E-state index in [2.05, 4.69) is 4.72 Å². The lowest BCUT2D eigenvalue weighted by Crippen LogP contribution is -2.15. The zero-order valence-electron chi connectivity index (χ0n) is 10.8. The fourth-order valence-corrected chi connectivity index (χ4v) is 3.55. The molecule has 112 valence electrons. The van der Waals surface area contributed by atoms with Gasteiger partial charge in [-0.15, -0.1) is 0 Å². The molecule has 0 amide bonds. The first-order chi connectivity index (χ1) is 9.74. The maximum absolute atomic E-state index is 13.6. The first-order valence-corrected chi connectivity index (χ1v) is 7.99. The summed E-state index contributed by atoms with van der Waals surface area (Å²) in [6.07, 6.45) is 0. The Morgan fingerprint density at radius 3 is 2.52 bits per heavy atom. The van der Waals surface area contributed by atoms with Gasteiger partial charge in [-0.1, -0.05) is 29.3 Å². The molecule has 0 heterocycles. The minimum Gasteiger partial charge on any atom is -0.398 e. The molecule has 4 nitrogen and oxygen atoms in total. The second kappa shape index (κ2) is 5.71. The molecule has 0 aliphatic rings. The number of benzene rings is 2. The fourth-order valence-electron chi connectivity index (χ4n) is 1.68. The van der Waals surface area contributed by atoms with Crippen molar-refractivity contribution in [1.29, 1.82) is 0 Å². The number of hydrogen-bond acceptors (Lipinski definition) is 3. The number of halogens is 3. The monoisotopic (exact) mass is 348 g/mol. The third-order valence-electron chi connectivity index (χ3n) is 2.91. The first-order valence-electron chi connectivity index (χ1n) is 5.75. The largest absolute Gasteiger partial charge is 0.398 e. The van der Waals surface area contributed by atoms with Crippen LogP contribution in [0.4, 0.5) is 15.8 Å². The third-order valence-corrected chi connectivity index (χ3v) is 5.09. The number of hydrogen-bond donors (Lipinski definition) is 2. The smallest absolute Gasteiger partial charge is 0.263 e. The van der Waals surface area contributed by atoms with Gasteiger partial charge in [-0.05, 0) is 36.8 Å². The minimum absolute atomic E-state index is 0.251. The molecule has 0 aliphatic heterocycles. The average Bonchev–Trinajstić information content (AvgIpc) is 2.41. The molecule has 0 saturated heterocycles. The summed E-state index contributed by atoms with van der Waals surface area (Å²) in [5.41, 5.74) is 7.00. The highest BCUT2D eigenvalue weighted by atomic mass is 35.5. The van der Waals surface area contributed by atoms with E-state index in [9.17, 15) is 12.8 Å². The molecular weight excluding hydrogens is 338 g/mol. The molecule has 0 radical (unpaired) electrons. The standard InChI is InChI=1S/C13H11Cl2FN2O2S/c1-7-9(17)3-2-4-10(7)18-21(19,20)11-6-5-8(14)13(16)12(11)15/h2-6,18H,17H2,1H3. The Labute approximate surface area is 131 Å². The molecule has 8 heteroatoms. The predicted molar refractivity (Wildman–Crippen MR) is 82.8 cm³/mol. The van der Waals surface area contributed by atoms with E-state index in [1.165, 1.54) is 0 Å². The van der Waals surface area contributed by atoms with Crippen LogP contribution in [0.3, 0.4) is 0 Å². The number of nitrogens with two attached hydrogens (primary N) is 1. The summed E-state index contributed by atoms with van der Waals surface area (Å²) in [7, 11) is -4.06. The van der Waals surface area contributed by atoms with Crippen LogP contribution >= 0.6 is 23.2 Å². The van der Waals surface area contributed by atoms with E-state index in [1.54, 1.807) is 25.1 Å². The summed E-state index contributed by atoms with van der Waals surface area (Å²) in [4.78, 5) is -0.395. The van der Waals surface area contributed by atoms with Gasteiger partial charge in [0.05, 0.1) is 15.7 Å². The molecule has 0 aliphatic carbocycles. The van der Waals surface area contributed by atoms with Gasteiger partial charge >= 0.3 is 0 Å². The van der Waals surface area contributed by atoms with Crippen molar-refractivity contribution in [2.75, 3.05) is 10.5 Å². The summed E-state index contributed by atoms with van der Waals surface area (Å²) < 4.78 is 40.6. The van der Waals surface area contributed by atoms with Crippen molar-refractivity contribution in [2.45, 2.75) is 11.8 Å². The van der Waals surface area contributed by atoms with Gasteiger partial charge in [0.2, 0.25) is 0 Å². The van der Waals surface area contributed by atoms with Crippen molar-refractivity contribution in [3.63, 3.8) is 0 Å². The molecule has 0 bridgehead atoms. The molecule has 0 spiro atoms. The molecule has 0 aromatic heterocycles. The van der Waals surface area contributed by atoms with Crippen molar-refractivity contribution >= 4 is 44.6 Å². The second-order valence-corrected chi connectivity index (χ2v) is 6.73. The van der Waals surface area contributed by atoms with Crippen LogP contribution in [-0.2, 0) is 10.0 Å². The van der Waals surface area contributed by atoms with Gasteiger partial charge in [0, 0.05) is 5.69 Å². The van der Waals surface area contributed by atoms with Crippen molar-refractivity contribution in [3.05, 3.63) is 51.8 Å². The van der Waals surface area contributed by atoms with Crippen LogP contribution < -0.4 is 10.5 Å². The van der Waals surface area contributed by atoms with Gasteiger partial charge in [-0.25, -0.2) is 12.8 Å². The third kappa shape index (κ3) is 3.07. The fraction of sp³-hybridized carbons (Fsp3) is 0.0769. The number of rotatable bonds is 3. The highest BCUT2D eigenvalue weighted by molar-refractivity contribution is 7.92. The van der Waals surface area contributed by atoms with Gasteiger partial charge in [0.15, 0.2) is 5.82 Å². The first kappa shape index (κ1) is 15.9. The van der Waals surface area contributed by atoms with Gasteiger partial charge in [0.1, 0.15) is 4.90 Å². The van der Waals surface area contributed by atoms with Crippen molar-refractivity contribution in [1.82, 2.24) is 0 Å². The molecular formula is C13H11Cl2FN2O2S. The zero-order valence-corrected chi connectivity index (χ0v) is 13.2. The summed E-state index contributed by atoms with van der Waals surface area (Å²) in [5, 5.41) is -0.810. The van der Waals surface area contributed by atoms with Gasteiger partial charge in [-0.3, -0.25) is 4.72 Å². The van der Waals surface area contributed by atoms with E-state index in [0.717, 1.165) is 12.1 Å². The summed E-state index contributed by atoms with van der Waals surface area (Å²) in [6, 6.07) is 7.05. The Bertz CT molecular complexity index is 810. The van der Waals surface area contributed by atoms with E-state index in [-0.39, 0.29) is 5.02 Å². The Morgan fingerprint density at radius 1 is 1.19 bits per heavy atom. The van der Waals surface area contributed by atoms with Gasteiger partial charge in [-0.2, -0.15) is 0 Å². The summed E-state index contributed by atoms with van der Waals surface area (Å²) >= 11 is 11.3. The highest BCUT2D eigenvalue weighted by Crippen LogP contribution is 2.31. The summed E-state index contributed by atoms with van der Waals surface area (Å²) in [5.74, 6) is -0.981. The molecule has 2 rings (SSSR count). The zero-order chi connectivity index (χ0) is 15.8. The molecule has 2 aromatic carbocycles. The SMILES string of the molecule is Cc1c(N)cccc1NS(=O)(=O)c1ccc(Cl)c(F)c1Cl. The molecule has 3 N–H and O–H groups in total. The second-order valence-electron chi connectivity index (χ2n) is 4.30. The van der Waals surface area contributed by atoms with Crippen LogP contribution in [-0.4, -0.2) is 8.42 Å². The van der Waals surface area contributed by atoms with Crippen LogP contribution in [0.5, 0.6) is 0 Å². The Hall–Kier alpha value is -1.50. The van der Waals surface area contributed by atoms with E-state index >= 15 is 0 Å².